The van der Waals surface area contributed by atoms with E-state index in [0.29, 0.717) is 0 Å². The maximum Gasteiger partial charge on any atom is 0.323 e. The lowest BCUT2D eigenvalue weighted by Crippen LogP contribution is -2.59. The van der Waals surface area contributed by atoms with Crippen molar-refractivity contribution in [1.29, 1.82) is 0 Å². The maximum atomic E-state index is 12.4. The predicted octanol–water partition coefficient (Wildman–Crippen LogP) is -0.370. The molecule has 1 aliphatic rings. The number of carboxylic acid groups (broad SMARTS) is 1. The number of hydrogen-bond donors (Lipinski definition) is 2. The highest BCUT2D eigenvalue weighted by Crippen LogP contribution is 2.26. The number of nitrogens with one attached hydrogen (secondary N) is 1. The molecule has 2 heterocycles. The van der Waals surface area contributed by atoms with Gasteiger partial charge < -0.3 is 10.4 Å². The van der Waals surface area contributed by atoms with E-state index in [1.807, 2.05) is 0 Å². The Morgan fingerprint density at radius 3 is 2.74 bits per heavy atom. The highest BCUT2D eigenvalue weighted by molar-refractivity contribution is 7.91. The molecule has 1 amide bonds. The van der Waals surface area contributed by atoms with Crippen molar-refractivity contribution in [3.8, 4) is 0 Å². The number of carbonyl (C=O) groups excluding carboxylic acids is 1. The zero-order valence-corrected chi connectivity index (χ0v) is 11.6. The summed E-state index contributed by atoms with van der Waals surface area (Å²) in [5.41, 5.74) is 0. The Balaban J connectivity index is 2.41. The Labute approximate surface area is 113 Å². The number of thiophene rings is 1. The molecule has 9 heteroatoms. The zero-order valence-electron chi connectivity index (χ0n) is 9.99. The molecule has 2 rings (SSSR count). The van der Waals surface area contributed by atoms with E-state index >= 15 is 0 Å². The number of rotatable bonds is 3. The highest BCUT2D eigenvalue weighted by atomic mass is 32.2. The van der Waals surface area contributed by atoms with Gasteiger partial charge >= 0.3 is 5.97 Å². The first kappa shape index (κ1) is 14.0. The molecule has 1 saturated heterocycles. The number of carboxylic acids is 1. The summed E-state index contributed by atoms with van der Waals surface area (Å²) in [5, 5.41) is 11.4. The molecule has 0 radical (unpaired) electrons. The molecule has 0 bridgehead atoms. The second kappa shape index (κ2) is 4.91. The molecule has 0 aliphatic carbocycles. The summed E-state index contributed by atoms with van der Waals surface area (Å²) in [6.07, 6.45) is 0. The minimum absolute atomic E-state index is 0.0472. The molecule has 1 aromatic heterocycles. The average Bonchev–Trinajstić information content (AvgIpc) is 2.76. The fourth-order valence-corrected chi connectivity index (χ4v) is 4.70. The van der Waals surface area contributed by atoms with Crippen molar-refractivity contribution in [1.82, 2.24) is 9.62 Å². The molecule has 1 fully saturated rings. The van der Waals surface area contributed by atoms with Gasteiger partial charge in [0.05, 0.1) is 6.54 Å². The van der Waals surface area contributed by atoms with E-state index in [1.54, 1.807) is 13.0 Å². The van der Waals surface area contributed by atoms with Crippen molar-refractivity contribution in [3.05, 3.63) is 17.0 Å². The summed E-state index contributed by atoms with van der Waals surface area (Å²) in [5.74, 6) is -1.79. The molecule has 2 N–H and O–H groups in total. The molecular formula is C10H12N2O5S2. The monoisotopic (exact) mass is 304 g/mol. The second-order valence-corrected chi connectivity index (χ2v) is 7.48. The molecule has 0 saturated carbocycles. The van der Waals surface area contributed by atoms with Crippen LogP contribution in [-0.2, 0) is 19.6 Å². The van der Waals surface area contributed by atoms with Crippen molar-refractivity contribution >= 4 is 33.2 Å². The van der Waals surface area contributed by atoms with Crippen molar-refractivity contribution in [2.45, 2.75) is 17.2 Å². The van der Waals surface area contributed by atoms with E-state index in [-0.39, 0.29) is 10.8 Å². The van der Waals surface area contributed by atoms with Gasteiger partial charge in [-0.25, -0.2) is 8.42 Å². The number of sulfonamides is 1. The zero-order chi connectivity index (χ0) is 14.2. The van der Waals surface area contributed by atoms with Gasteiger partial charge in [0.1, 0.15) is 10.3 Å². The lowest BCUT2D eigenvalue weighted by molar-refractivity contribution is -0.143. The van der Waals surface area contributed by atoms with Crippen molar-refractivity contribution in [2.75, 3.05) is 13.1 Å². The third kappa shape index (κ3) is 2.62. The Kier molecular flexibility index (Phi) is 3.61. The van der Waals surface area contributed by atoms with Crippen LogP contribution in [0.5, 0.6) is 0 Å². The van der Waals surface area contributed by atoms with Gasteiger partial charge in [0.15, 0.2) is 0 Å². The lowest BCUT2D eigenvalue weighted by Gasteiger charge is -2.31. The molecule has 1 unspecified atom stereocenters. The summed E-state index contributed by atoms with van der Waals surface area (Å²) in [6, 6.07) is 1.78. The Morgan fingerprint density at radius 2 is 2.21 bits per heavy atom. The summed E-state index contributed by atoms with van der Waals surface area (Å²) in [4.78, 5) is 23.2. The average molecular weight is 304 g/mol. The van der Waals surface area contributed by atoms with E-state index < -0.39 is 34.5 Å². The van der Waals surface area contributed by atoms with Crippen LogP contribution in [0, 0.1) is 6.92 Å². The largest absolute Gasteiger partial charge is 0.480 e. The third-order valence-corrected chi connectivity index (χ3v) is 6.03. The molecule has 1 aliphatic heterocycles. The molecule has 1 atom stereocenters. The first-order valence-corrected chi connectivity index (χ1v) is 7.66. The number of hydrogen-bond acceptors (Lipinski definition) is 5. The number of aryl methyl sites for hydroxylation is 1. The molecule has 0 spiro atoms. The number of amides is 1. The predicted molar refractivity (Wildman–Crippen MR) is 67.4 cm³/mol. The summed E-state index contributed by atoms with van der Waals surface area (Å²) in [7, 11) is -3.96. The quantitative estimate of drug-likeness (QED) is 0.793. The second-order valence-electron chi connectivity index (χ2n) is 4.07. The van der Waals surface area contributed by atoms with Gasteiger partial charge in [-0.15, -0.1) is 11.3 Å². The minimum atomic E-state index is -3.96. The minimum Gasteiger partial charge on any atom is -0.480 e. The molecule has 19 heavy (non-hydrogen) atoms. The van der Waals surface area contributed by atoms with E-state index in [0.717, 1.165) is 20.5 Å². The van der Waals surface area contributed by atoms with Crippen LogP contribution in [-0.4, -0.2) is 48.8 Å². The van der Waals surface area contributed by atoms with Gasteiger partial charge in [0.25, 0.3) is 10.0 Å². The number of carbonyl (C=O) groups is 2. The van der Waals surface area contributed by atoms with Crippen LogP contribution in [0.4, 0.5) is 0 Å². The van der Waals surface area contributed by atoms with Gasteiger partial charge in [-0.05, 0) is 19.1 Å². The molecule has 104 valence electrons. The van der Waals surface area contributed by atoms with E-state index in [1.165, 1.54) is 6.07 Å². The Morgan fingerprint density at radius 1 is 1.53 bits per heavy atom. The maximum absolute atomic E-state index is 12.4. The highest BCUT2D eigenvalue weighted by Gasteiger charge is 2.40. The Bertz CT molecular complexity index is 622. The van der Waals surface area contributed by atoms with E-state index in [9.17, 15) is 18.0 Å². The number of aliphatic carboxylic acids is 1. The van der Waals surface area contributed by atoms with Crippen LogP contribution in [0.2, 0.25) is 0 Å². The summed E-state index contributed by atoms with van der Waals surface area (Å²) in [6.45, 7) is 1.05. The fourth-order valence-electron chi connectivity index (χ4n) is 1.75. The molecule has 0 aromatic carbocycles. The first-order chi connectivity index (χ1) is 8.82. The first-order valence-electron chi connectivity index (χ1n) is 5.40. The standard InChI is InChI=1S/C10H12N2O5S2/c1-6-2-3-9(18-6)19(16,17)12-5-8(13)11-4-7(12)10(14)15/h2-3,7H,4-5H2,1H3,(H,11,13)(H,14,15). The summed E-state index contributed by atoms with van der Waals surface area (Å²) >= 11 is 1.05. The smallest absolute Gasteiger partial charge is 0.323 e. The fraction of sp³-hybridized carbons (Fsp3) is 0.400. The van der Waals surface area contributed by atoms with Crippen LogP contribution in [0.3, 0.4) is 0 Å². The van der Waals surface area contributed by atoms with Crippen molar-refractivity contribution in [2.24, 2.45) is 0 Å². The van der Waals surface area contributed by atoms with Gasteiger partial charge in [0, 0.05) is 11.4 Å². The molecule has 1 aromatic rings. The van der Waals surface area contributed by atoms with Gasteiger partial charge in [-0.3, -0.25) is 9.59 Å². The van der Waals surface area contributed by atoms with Crippen LogP contribution in [0.25, 0.3) is 0 Å². The van der Waals surface area contributed by atoms with Crippen LogP contribution >= 0.6 is 11.3 Å². The van der Waals surface area contributed by atoms with Gasteiger partial charge in [0.2, 0.25) is 5.91 Å². The SMILES string of the molecule is Cc1ccc(S(=O)(=O)N2CC(=O)NCC2C(=O)O)s1. The van der Waals surface area contributed by atoms with Crippen LogP contribution in [0.1, 0.15) is 4.88 Å². The van der Waals surface area contributed by atoms with E-state index in [4.69, 9.17) is 5.11 Å². The molecular weight excluding hydrogens is 292 g/mol. The van der Waals surface area contributed by atoms with Gasteiger partial charge in [-0.2, -0.15) is 4.31 Å². The third-order valence-electron chi connectivity index (χ3n) is 2.70. The Hall–Kier alpha value is -1.45. The van der Waals surface area contributed by atoms with Crippen molar-refractivity contribution in [3.63, 3.8) is 0 Å². The number of piperazine rings is 1. The van der Waals surface area contributed by atoms with Crippen molar-refractivity contribution < 1.29 is 23.1 Å². The number of nitrogens with zero attached hydrogens (tertiary/aromatic N) is 1. The lowest BCUT2D eigenvalue weighted by atomic mass is 10.2. The summed E-state index contributed by atoms with van der Waals surface area (Å²) < 4.78 is 25.5. The van der Waals surface area contributed by atoms with Crippen LogP contribution < -0.4 is 5.32 Å². The van der Waals surface area contributed by atoms with E-state index in [2.05, 4.69) is 5.32 Å². The van der Waals surface area contributed by atoms with Crippen LogP contribution in [0.15, 0.2) is 16.3 Å². The molecule has 7 nitrogen and oxygen atoms in total. The topological polar surface area (TPSA) is 104 Å². The normalized spacial score (nSPS) is 21.1. The van der Waals surface area contributed by atoms with Gasteiger partial charge in [-0.1, -0.05) is 0 Å².